The zero-order valence-corrected chi connectivity index (χ0v) is 7.19. The average Bonchev–Trinajstić information content (AvgIpc) is 2.20. The van der Waals surface area contributed by atoms with Crippen molar-refractivity contribution in [3.8, 4) is 0 Å². The van der Waals surface area contributed by atoms with Crippen molar-refractivity contribution in [2.24, 2.45) is 0 Å². The van der Waals surface area contributed by atoms with E-state index in [1.807, 2.05) is 30.3 Å². The van der Waals surface area contributed by atoms with Crippen molar-refractivity contribution in [2.75, 3.05) is 13.2 Å². The maximum atomic E-state index is 10.8. The molecule has 0 bridgehead atoms. The number of hydrogen-bond donors (Lipinski definition) is 1. The molecule has 0 saturated carbocycles. The molecule has 0 aliphatic carbocycles. The minimum Gasteiger partial charge on any atom is -0.362 e. The van der Waals surface area contributed by atoms with Crippen LogP contribution in [0.4, 0.5) is 0 Å². The topological polar surface area (TPSA) is 38.3 Å². The Hall–Kier alpha value is -1.35. The molecule has 1 amide bonds. The maximum Gasteiger partial charge on any atom is 0.246 e. The van der Waals surface area contributed by atoms with Crippen LogP contribution >= 0.6 is 0 Å². The summed E-state index contributed by atoms with van der Waals surface area (Å²) in [5.41, 5.74) is 1.11. The van der Waals surface area contributed by atoms with Crippen molar-refractivity contribution in [2.45, 2.75) is 6.10 Å². The molecule has 3 nitrogen and oxygen atoms in total. The van der Waals surface area contributed by atoms with Crippen molar-refractivity contribution in [3.63, 3.8) is 0 Å². The molecular weight excluding hydrogens is 166 g/mol. The van der Waals surface area contributed by atoms with Gasteiger partial charge in [-0.1, -0.05) is 30.3 Å². The Balaban J connectivity index is 2.07. The summed E-state index contributed by atoms with van der Waals surface area (Å²) in [5.74, 6) is -0.0350. The fourth-order valence-corrected chi connectivity index (χ4v) is 1.37. The largest absolute Gasteiger partial charge is 0.362 e. The molecule has 1 N–H and O–H groups in total. The molecule has 1 aliphatic rings. The van der Waals surface area contributed by atoms with E-state index < -0.39 is 0 Å². The second kappa shape index (κ2) is 3.58. The third kappa shape index (κ3) is 1.87. The molecule has 1 aliphatic heterocycles. The van der Waals surface area contributed by atoms with Crippen LogP contribution in [0, 0.1) is 0 Å². The molecule has 1 aromatic rings. The number of benzene rings is 1. The lowest BCUT2D eigenvalue weighted by atomic mass is 10.1. The molecule has 1 fully saturated rings. The molecule has 1 heterocycles. The van der Waals surface area contributed by atoms with Gasteiger partial charge in [0.1, 0.15) is 12.7 Å². The van der Waals surface area contributed by atoms with E-state index in [2.05, 4.69) is 5.32 Å². The lowest BCUT2D eigenvalue weighted by Crippen LogP contribution is -2.38. The summed E-state index contributed by atoms with van der Waals surface area (Å²) in [4.78, 5) is 10.8. The number of ether oxygens (including phenoxy) is 1. The number of carbonyl (C=O) groups excluding carboxylic acids is 1. The summed E-state index contributed by atoms with van der Waals surface area (Å²) in [7, 11) is 0. The van der Waals surface area contributed by atoms with Gasteiger partial charge in [-0.15, -0.1) is 0 Å². The molecule has 0 spiro atoms. The van der Waals surface area contributed by atoms with Gasteiger partial charge in [0.2, 0.25) is 5.91 Å². The molecule has 0 aromatic heterocycles. The lowest BCUT2D eigenvalue weighted by Gasteiger charge is -2.23. The standard InChI is InChI=1S/C10H11NO2/c12-10-7-13-9(6-11-10)8-4-2-1-3-5-8/h1-5,9H,6-7H2,(H,11,12)/t9-/m0/s1. The first kappa shape index (κ1) is 8.26. The van der Waals surface area contributed by atoms with E-state index in [4.69, 9.17) is 4.74 Å². The summed E-state index contributed by atoms with van der Waals surface area (Å²) in [6.45, 7) is 0.738. The summed E-state index contributed by atoms with van der Waals surface area (Å²) in [6, 6.07) is 9.90. The van der Waals surface area contributed by atoms with Crippen LogP contribution < -0.4 is 5.32 Å². The van der Waals surface area contributed by atoms with Crippen LogP contribution in [0.15, 0.2) is 30.3 Å². The molecule has 13 heavy (non-hydrogen) atoms. The fraction of sp³-hybridized carbons (Fsp3) is 0.300. The smallest absolute Gasteiger partial charge is 0.246 e. The Morgan fingerprint density at radius 2 is 2.08 bits per heavy atom. The molecule has 68 valence electrons. The minimum absolute atomic E-state index is 0.0129. The van der Waals surface area contributed by atoms with Crippen LogP contribution in [-0.4, -0.2) is 19.1 Å². The second-order valence-corrected chi connectivity index (χ2v) is 3.01. The molecular formula is C10H11NO2. The summed E-state index contributed by atoms with van der Waals surface area (Å²) < 4.78 is 5.36. The fourth-order valence-electron chi connectivity index (χ4n) is 1.37. The summed E-state index contributed by atoms with van der Waals surface area (Å²) >= 11 is 0. The number of rotatable bonds is 1. The van der Waals surface area contributed by atoms with E-state index in [1.54, 1.807) is 0 Å². The van der Waals surface area contributed by atoms with Gasteiger partial charge in [-0.3, -0.25) is 4.79 Å². The van der Waals surface area contributed by atoms with E-state index >= 15 is 0 Å². The predicted octanol–water partition coefficient (Wildman–Crippen LogP) is 0.874. The Morgan fingerprint density at radius 1 is 1.31 bits per heavy atom. The summed E-state index contributed by atoms with van der Waals surface area (Å²) in [6.07, 6.45) is 0.0129. The first-order valence-corrected chi connectivity index (χ1v) is 4.29. The van der Waals surface area contributed by atoms with Gasteiger partial charge in [0, 0.05) is 6.54 Å². The van der Waals surface area contributed by atoms with Gasteiger partial charge < -0.3 is 10.1 Å². The molecule has 1 saturated heterocycles. The first-order chi connectivity index (χ1) is 6.36. The minimum atomic E-state index is -0.0350. The zero-order valence-electron chi connectivity index (χ0n) is 7.19. The third-order valence-corrected chi connectivity index (χ3v) is 2.07. The van der Waals surface area contributed by atoms with Crippen molar-refractivity contribution in [1.29, 1.82) is 0 Å². The van der Waals surface area contributed by atoms with Crippen LogP contribution in [0.2, 0.25) is 0 Å². The van der Waals surface area contributed by atoms with Gasteiger partial charge in [0.25, 0.3) is 0 Å². The van der Waals surface area contributed by atoms with Gasteiger partial charge in [-0.05, 0) is 5.56 Å². The maximum absolute atomic E-state index is 10.8. The highest BCUT2D eigenvalue weighted by Gasteiger charge is 2.19. The van der Waals surface area contributed by atoms with E-state index in [0.29, 0.717) is 6.54 Å². The molecule has 3 heteroatoms. The molecule has 1 aromatic carbocycles. The van der Waals surface area contributed by atoms with E-state index in [0.717, 1.165) is 5.56 Å². The Morgan fingerprint density at radius 3 is 2.69 bits per heavy atom. The molecule has 2 rings (SSSR count). The molecule has 0 radical (unpaired) electrons. The Labute approximate surface area is 76.7 Å². The van der Waals surface area contributed by atoms with E-state index in [-0.39, 0.29) is 18.6 Å². The Kier molecular flexibility index (Phi) is 2.27. The van der Waals surface area contributed by atoms with Crippen LogP contribution in [0.25, 0.3) is 0 Å². The van der Waals surface area contributed by atoms with Gasteiger partial charge in [0.15, 0.2) is 0 Å². The van der Waals surface area contributed by atoms with Crippen LogP contribution in [-0.2, 0) is 9.53 Å². The van der Waals surface area contributed by atoms with E-state index in [9.17, 15) is 4.79 Å². The van der Waals surface area contributed by atoms with Crippen LogP contribution in [0.3, 0.4) is 0 Å². The second-order valence-electron chi connectivity index (χ2n) is 3.01. The quantitative estimate of drug-likeness (QED) is 0.691. The van der Waals surface area contributed by atoms with Crippen molar-refractivity contribution >= 4 is 5.91 Å². The number of carbonyl (C=O) groups is 1. The van der Waals surface area contributed by atoms with Crippen molar-refractivity contribution < 1.29 is 9.53 Å². The number of amides is 1. The Bertz CT molecular complexity index is 287. The normalized spacial score (nSPS) is 22.5. The zero-order chi connectivity index (χ0) is 9.10. The van der Waals surface area contributed by atoms with Crippen LogP contribution in [0.1, 0.15) is 11.7 Å². The monoisotopic (exact) mass is 177 g/mol. The molecule has 1 atom stereocenters. The SMILES string of the molecule is O=C1CO[C@H](c2ccccc2)CN1. The van der Waals surface area contributed by atoms with Crippen molar-refractivity contribution in [3.05, 3.63) is 35.9 Å². The highest BCUT2D eigenvalue weighted by atomic mass is 16.5. The van der Waals surface area contributed by atoms with Gasteiger partial charge in [-0.25, -0.2) is 0 Å². The van der Waals surface area contributed by atoms with Crippen LogP contribution in [0.5, 0.6) is 0 Å². The highest BCUT2D eigenvalue weighted by Crippen LogP contribution is 2.17. The lowest BCUT2D eigenvalue weighted by molar-refractivity contribution is -0.133. The average molecular weight is 177 g/mol. The number of hydrogen-bond acceptors (Lipinski definition) is 2. The predicted molar refractivity (Wildman–Crippen MR) is 48.1 cm³/mol. The number of morpholine rings is 1. The third-order valence-electron chi connectivity index (χ3n) is 2.07. The van der Waals surface area contributed by atoms with Crippen molar-refractivity contribution in [1.82, 2.24) is 5.32 Å². The van der Waals surface area contributed by atoms with Gasteiger partial charge in [-0.2, -0.15) is 0 Å². The summed E-state index contributed by atoms with van der Waals surface area (Å²) in [5, 5.41) is 2.77. The first-order valence-electron chi connectivity index (χ1n) is 4.29. The van der Waals surface area contributed by atoms with Gasteiger partial charge >= 0.3 is 0 Å². The van der Waals surface area contributed by atoms with E-state index in [1.165, 1.54) is 0 Å². The number of nitrogens with one attached hydrogen (secondary N) is 1. The highest BCUT2D eigenvalue weighted by molar-refractivity contribution is 5.77. The van der Waals surface area contributed by atoms with Gasteiger partial charge in [0.05, 0.1) is 0 Å². The molecule has 0 unspecified atom stereocenters.